The predicted molar refractivity (Wildman–Crippen MR) is 44.2 cm³/mol. The predicted octanol–water partition coefficient (Wildman–Crippen LogP) is 2.35. The largest absolute Gasteiger partial charge is 0.454 e. The molecule has 2 N–H and O–H groups in total. The highest BCUT2D eigenvalue weighted by Crippen LogP contribution is 2.26. The minimum Gasteiger partial charge on any atom is -0.454 e. The molecule has 12 heavy (non-hydrogen) atoms. The van der Waals surface area contributed by atoms with Crippen LogP contribution in [0.4, 0.5) is 8.78 Å². The van der Waals surface area contributed by atoms with Crippen LogP contribution in [0, 0.1) is 0 Å². The van der Waals surface area contributed by atoms with Gasteiger partial charge in [-0.2, -0.15) is 0 Å². The second-order valence-corrected chi connectivity index (χ2v) is 3.10. The van der Waals surface area contributed by atoms with Gasteiger partial charge in [0.05, 0.1) is 5.92 Å². The lowest BCUT2D eigenvalue weighted by Crippen LogP contribution is -2.18. The average Bonchev–Trinajstić information content (AvgIpc) is 2.37. The molecule has 1 heterocycles. The van der Waals surface area contributed by atoms with Crippen molar-refractivity contribution in [2.24, 2.45) is 5.73 Å². The standard InChI is InChI=1S/C7H8BrF2NO/c8-6-2-1-5(12-6)4(3-11)7(9)10/h1-2,4,7H,3,11H2. The Bertz CT molecular complexity index is 251. The fraction of sp³-hybridized carbons (Fsp3) is 0.429. The molecule has 1 atom stereocenters. The van der Waals surface area contributed by atoms with Gasteiger partial charge in [-0.3, -0.25) is 0 Å². The summed E-state index contributed by atoms with van der Waals surface area (Å²) in [6.07, 6.45) is -2.48. The van der Waals surface area contributed by atoms with Crippen LogP contribution in [0.25, 0.3) is 0 Å². The highest BCUT2D eigenvalue weighted by Gasteiger charge is 2.23. The second-order valence-electron chi connectivity index (χ2n) is 2.32. The van der Waals surface area contributed by atoms with E-state index in [0.29, 0.717) is 4.67 Å². The van der Waals surface area contributed by atoms with Gasteiger partial charge in [0.2, 0.25) is 6.43 Å². The summed E-state index contributed by atoms with van der Waals surface area (Å²) in [7, 11) is 0. The van der Waals surface area contributed by atoms with Crippen LogP contribution in [0.15, 0.2) is 21.2 Å². The number of furan rings is 1. The van der Waals surface area contributed by atoms with Crippen molar-refractivity contribution >= 4 is 15.9 Å². The molecule has 0 spiro atoms. The highest BCUT2D eigenvalue weighted by molar-refractivity contribution is 9.10. The Hall–Kier alpha value is -0.420. The summed E-state index contributed by atoms with van der Waals surface area (Å²) in [6.45, 7) is -0.113. The van der Waals surface area contributed by atoms with Crippen molar-refractivity contribution in [3.05, 3.63) is 22.6 Å². The van der Waals surface area contributed by atoms with E-state index < -0.39 is 12.3 Å². The molecule has 0 radical (unpaired) electrons. The molecule has 0 aliphatic rings. The molecule has 0 aliphatic carbocycles. The molecule has 2 nitrogen and oxygen atoms in total. The molecular formula is C7H8BrF2NO. The van der Waals surface area contributed by atoms with Gasteiger partial charge in [0.25, 0.3) is 0 Å². The number of rotatable bonds is 3. The molecule has 1 aromatic rings. The van der Waals surface area contributed by atoms with Gasteiger partial charge in [-0.25, -0.2) is 8.78 Å². The normalized spacial score (nSPS) is 13.8. The lowest BCUT2D eigenvalue weighted by atomic mass is 10.1. The molecule has 0 aromatic carbocycles. The maximum absolute atomic E-state index is 12.2. The van der Waals surface area contributed by atoms with E-state index >= 15 is 0 Å². The monoisotopic (exact) mass is 239 g/mol. The molecule has 0 saturated carbocycles. The number of alkyl halides is 2. The maximum atomic E-state index is 12.2. The molecule has 68 valence electrons. The van der Waals surface area contributed by atoms with E-state index in [1.54, 1.807) is 6.07 Å². The summed E-state index contributed by atoms with van der Waals surface area (Å²) >= 11 is 3.03. The Morgan fingerprint density at radius 2 is 2.17 bits per heavy atom. The summed E-state index contributed by atoms with van der Waals surface area (Å²) in [4.78, 5) is 0. The van der Waals surface area contributed by atoms with Crippen molar-refractivity contribution < 1.29 is 13.2 Å². The number of halogens is 3. The molecule has 1 aromatic heterocycles. The van der Waals surface area contributed by atoms with Crippen LogP contribution in [-0.4, -0.2) is 13.0 Å². The smallest absolute Gasteiger partial charge is 0.249 e. The zero-order valence-corrected chi connectivity index (χ0v) is 7.72. The topological polar surface area (TPSA) is 39.2 Å². The SMILES string of the molecule is NCC(c1ccc(Br)o1)C(F)F. The third-order valence-electron chi connectivity index (χ3n) is 1.52. The van der Waals surface area contributed by atoms with E-state index in [1.807, 2.05) is 0 Å². The minimum absolute atomic E-state index is 0.113. The summed E-state index contributed by atoms with van der Waals surface area (Å²) < 4.78 is 29.9. The number of hydrogen-bond acceptors (Lipinski definition) is 2. The van der Waals surface area contributed by atoms with E-state index in [4.69, 9.17) is 10.2 Å². The fourth-order valence-corrected chi connectivity index (χ4v) is 1.19. The second kappa shape index (κ2) is 4.00. The van der Waals surface area contributed by atoms with Crippen molar-refractivity contribution in [3.8, 4) is 0 Å². The van der Waals surface area contributed by atoms with Gasteiger partial charge in [-0.15, -0.1) is 0 Å². The van der Waals surface area contributed by atoms with Gasteiger partial charge in [-0.1, -0.05) is 0 Å². The van der Waals surface area contributed by atoms with Crippen molar-refractivity contribution in [1.82, 2.24) is 0 Å². The molecule has 0 fully saturated rings. The van der Waals surface area contributed by atoms with E-state index in [1.165, 1.54) is 6.07 Å². The van der Waals surface area contributed by atoms with E-state index in [2.05, 4.69) is 15.9 Å². The van der Waals surface area contributed by atoms with Crippen LogP contribution < -0.4 is 5.73 Å². The Kier molecular flexibility index (Phi) is 3.22. The molecule has 0 bridgehead atoms. The van der Waals surface area contributed by atoms with E-state index in [-0.39, 0.29) is 12.3 Å². The van der Waals surface area contributed by atoms with Gasteiger partial charge < -0.3 is 10.2 Å². The lowest BCUT2D eigenvalue weighted by molar-refractivity contribution is 0.107. The van der Waals surface area contributed by atoms with E-state index in [0.717, 1.165) is 0 Å². The first kappa shape index (κ1) is 9.67. The van der Waals surface area contributed by atoms with Crippen LogP contribution in [0.1, 0.15) is 11.7 Å². The highest BCUT2D eigenvalue weighted by atomic mass is 79.9. The van der Waals surface area contributed by atoms with Crippen LogP contribution in [0.5, 0.6) is 0 Å². The van der Waals surface area contributed by atoms with Crippen LogP contribution >= 0.6 is 15.9 Å². The lowest BCUT2D eigenvalue weighted by Gasteiger charge is -2.09. The Balaban J connectivity index is 2.80. The van der Waals surface area contributed by atoms with Gasteiger partial charge in [0.15, 0.2) is 4.67 Å². The van der Waals surface area contributed by atoms with Gasteiger partial charge in [-0.05, 0) is 28.1 Å². The van der Waals surface area contributed by atoms with Crippen molar-refractivity contribution in [1.29, 1.82) is 0 Å². The van der Waals surface area contributed by atoms with E-state index in [9.17, 15) is 8.78 Å². The molecule has 1 unspecified atom stereocenters. The maximum Gasteiger partial charge on any atom is 0.249 e. The Morgan fingerprint density at radius 3 is 2.50 bits per heavy atom. The fourth-order valence-electron chi connectivity index (χ4n) is 0.871. The third-order valence-corrected chi connectivity index (χ3v) is 1.94. The van der Waals surface area contributed by atoms with Crippen LogP contribution in [0.2, 0.25) is 0 Å². The Labute approximate surface area is 76.9 Å². The minimum atomic E-state index is -2.48. The van der Waals surface area contributed by atoms with Gasteiger partial charge >= 0.3 is 0 Å². The molecule has 0 saturated heterocycles. The summed E-state index contributed by atoms with van der Waals surface area (Å²) in [5.41, 5.74) is 5.16. The first-order valence-electron chi connectivity index (χ1n) is 3.38. The first-order valence-corrected chi connectivity index (χ1v) is 4.18. The Morgan fingerprint density at radius 1 is 1.50 bits per heavy atom. The van der Waals surface area contributed by atoms with Crippen molar-refractivity contribution in [3.63, 3.8) is 0 Å². The first-order chi connectivity index (χ1) is 5.65. The van der Waals surface area contributed by atoms with Gasteiger partial charge in [0.1, 0.15) is 5.76 Å². The molecule has 5 heteroatoms. The summed E-state index contributed by atoms with van der Waals surface area (Å²) in [5, 5.41) is 0. The molecule has 0 amide bonds. The molecule has 1 rings (SSSR count). The zero-order chi connectivity index (χ0) is 9.14. The molecule has 0 aliphatic heterocycles. The average molecular weight is 240 g/mol. The zero-order valence-electron chi connectivity index (χ0n) is 6.14. The molecular weight excluding hydrogens is 232 g/mol. The summed E-state index contributed by atoms with van der Waals surface area (Å²) in [6, 6.07) is 3.06. The number of hydrogen-bond donors (Lipinski definition) is 1. The quantitative estimate of drug-likeness (QED) is 0.880. The van der Waals surface area contributed by atoms with Crippen LogP contribution in [-0.2, 0) is 0 Å². The van der Waals surface area contributed by atoms with Crippen LogP contribution in [0.3, 0.4) is 0 Å². The van der Waals surface area contributed by atoms with Crippen molar-refractivity contribution in [2.75, 3.05) is 6.54 Å². The van der Waals surface area contributed by atoms with Gasteiger partial charge in [0, 0.05) is 6.54 Å². The van der Waals surface area contributed by atoms with Crippen molar-refractivity contribution in [2.45, 2.75) is 12.3 Å². The third kappa shape index (κ3) is 2.04. The number of nitrogens with two attached hydrogens (primary N) is 1. The summed E-state index contributed by atoms with van der Waals surface area (Å²) in [5.74, 6) is -0.782.